The van der Waals surface area contributed by atoms with E-state index in [9.17, 15) is 5.26 Å². The summed E-state index contributed by atoms with van der Waals surface area (Å²) in [6.07, 6.45) is 5.83. The first-order valence-electron chi connectivity index (χ1n) is 6.48. The highest BCUT2D eigenvalue weighted by Crippen LogP contribution is 2.45. The number of rotatable bonds is 3. The summed E-state index contributed by atoms with van der Waals surface area (Å²) in [6.45, 7) is 0. The molecule has 0 bridgehead atoms. The van der Waals surface area contributed by atoms with Crippen molar-refractivity contribution in [3.63, 3.8) is 0 Å². The van der Waals surface area contributed by atoms with Gasteiger partial charge in [-0.3, -0.25) is 5.43 Å². The average molecular weight is 478 g/mol. The minimum absolute atomic E-state index is 0.319. The van der Waals surface area contributed by atoms with E-state index in [1.807, 2.05) is 6.08 Å². The highest BCUT2D eigenvalue weighted by molar-refractivity contribution is 14.1. The number of alkyl halides is 1. The Morgan fingerprint density at radius 3 is 2.83 bits per heavy atom. The molecule has 1 aromatic rings. The number of nitrogens with one attached hydrogen (secondary N) is 1. The third-order valence-electron chi connectivity index (χ3n) is 3.24. The Labute approximate surface area is 161 Å². The summed E-state index contributed by atoms with van der Waals surface area (Å²) in [4.78, 5) is 1.10. The molecule has 4 nitrogen and oxygen atoms in total. The van der Waals surface area contributed by atoms with Crippen molar-refractivity contribution >= 4 is 63.2 Å². The third kappa shape index (κ3) is 3.29. The number of halogens is 3. The molecule has 0 saturated carbocycles. The Morgan fingerprint density at radius 2 is 2.13 bits per heavy atom. The van der Waals surface area contributed by atoms with E-state index in [-0.39, 0.29) is 0 Å². The number of hydrogen-bond donors (Lipinski definition) is 1. The van der Waals surface area contributed by atoms with Crippen LogP contribution in [0.4, 0.5) is 5.69 Å². The van der Waals surface area contributed by atoms with Crippen LogP contribution in [0.25, 0.3) is 0 Å². The van der Waals surface area contributed by atoms with Gasteiger partial charge < -0.3 is 4.74 Å². The maximum atomic E-state index is 9.40. The molecule has 0 amide bonds. The predicted molar refractivity (Wildman–Crippen MR) is 104 cm³/mol. The van der Waals surface area contributed by atoms with Crippen molar-refractivity contribution in [2.24, 2.45) is 0 Å². The van der Waals surface area contributed by atoms with Gasteiger partial charge in [-0.15, -0.1) is 11.8 Å². The Bertz CT molecular complexity index is 801. The molecule has 1 N–H and O–H groups in total. The molecule has 0 saturated heterocycles. The van der Waals surface area contributed by atoms with Crippen molar-refractivity contribution in [1.29, 1.82) is 5.26 Å². The van der Waals surface area contributed by atoms with Crippen molar-refractivity contribution in [1.82, 2.24) is 5.01 Å². The summed E-state index contributed by atoms with van der Waals surface area (Å²) in [7, 11) is 1.54. The molecule has 0 radical (unpaired) electrons. The van der Waals surface area contributed by atoms with Gasteiger partial charge in [0.25, 0.3) is 0 Å². The standard InChI is InChI=1S/C15H10Cl2IN3OS/c1-22-13-5-11(9(16)4-10(13)17)20-21-8(7-19)2-3-14-12(21)6-15(18)23-14/h2-6,15,20H,1H3. The highest BCUT2D eigenvalue weighted by atomic mass is 127. The number of hydrazine groups is 1. The lowest BCUT2D eigenvalue weighted by Crippen LogP contribution is -2.29. The summed E-state index contributed by atoms with van der Waals surface area (Å²) >= 11 is 16.4. The molecule has 2 aliphatic rings. The first kappa shape index (κ1) is 16.8. The molecule has 1 unspecified atom stereocenters. The molecular weight excluding hydrogens is 468 g/mol. The maximum absolute atomic E-state index is 9.40. The number of anilines is 1. The van der Waals surface area contributed by atoms with Gasteiger partial charge in [0, 0.05) is 11.0 Å². The van der Waals surface area contributed by atoms with E-state index in [1.165, 1.54) is 7.11 Å². The highest BCUT2D eigenvalue weighted by Gasteiger charge is 2.29. The van der Waals surface area contributed by atoms with E-state index in [2.05, 4.69) is 40.2 Å². The van der Waals surface area contributed by atoms with Crippen LogP contribution in [0.2, 0.25) is 10.0 Å². The number of benzene rings is 1. The molecule has 23 heavy (non-hydrogen) atoms. The zero-order valence-electron chi connectivity index (χ0n) is 11.8. The van der Waals surface area contributed by atoms with Gasteiger partial charge in [-0.25, -0.2) is 5.01 Å². The van der Waals surface area contributed by atoms with Gasteiger partial charge in [-0.05, 0) is 24.3 Å². The van der Waals surface area contributed by atoms with E-state index in [0.29, 0.717) is 30.4 Å². The normalized spacial score (nSPS) is 19.3. The van der Waals surface area contributed by atoms with Gasteiger partial charge in [0.05, 0.1) is 31.8 Å². The summed E-state index contributed by atoms with van der Waals surface area (Å²) < 4.78 is 5.55. The fraction of sp³-hybridized carbons (Fsp3) is 0.133. The molecule has 2 heterocycles. The minimum Gasteiger partial charge on any atom is -0.495 e. The Kier molecular flexibility index (Phi) is 5.01. The van der Waals surface area contributed by atoms with Crippen LogP contribution in [0, 0.1) is 11.3 Å². The maximum Gasteiger partial charge on any atom is 0.140 e. The predicted octanol–water partition coefficient (Wildman–Crippen LogP) is 5.33. The monoisotopic (exact) mass is 477 g/mol. The van der Waals surface area contributed by atoms with Crippen LogP contribution in [0.5, 0.6) is 5.75 Å². The Morgan fingerprint density at radius 1 is 1.35 bits per heavy atom. The molecule has 1 aromatic carbocycles. The van der Waals surface area contributed by atoms with Crippen LogP contribution in [-0.2, 0) is 0 Å². The molecule has 0 fully saturated rings. The molecule has 8 heteroatoms. The largest absolute Gasteiger partial charge is 0.495 e. The lowest BCUT2D eigenvalue weighted by atomic mass is 10.2. The second kappa shape index (κ2) is 6.85. The van der Waals surface area contributed by atoms with Crippen molar-refractivity contribution in [3.05, 3.63) is 56.7 Å². The summed E-state index contributed by atoms with van der Waals surface area (Å²) in [5.41, 5.74) is 5.23. The SMILES string of the molecule is COc1cc(NN2C(C#N)=CC=C3SC(I)C=C32)c(Cl)cc1Cl. The quantitative estimate of drug-likeness (QED) is 0.471. The Balaban J connectivity index is 1.98. The third-order valence-corrected chi connectivity index (χ3v) is 5.93. The van der Waals surface area contributed by atoms with Crippen LogP contribution in [0.3, 0.4) is 0 Å². The average Bonchev–Trinajstić information content (AvgIpc) is 2.90. The van der Waals surface area contributed by atoms with E-state index >= 15 is 0 Å². The molecule has 0 aliphatic carbocycles. The molecule has 0 aromatic heterocycles. The summed E-state index contributed by atoms with van der Waals surface area (Å²) in [6, 6.07) is 5.51. The number of allylic oxidation sites excluding steroid dienone is 3. The van der Waals surface area contributed by atoms with Gasteiger partial charge in [0.1, 0.15) is 17.5 Å². The number of nitriles is 1. The summed E-state index contributed by atoms with van der Waals surface area (Å²) in [5.74, 6) is 0.510. The molecule has 1 atom stereocenters. The molecule has 3 rings (SSSR count). The van der Waals surface area contributed by atoms with Crippen LogP contribution >= 0.6 is 57.6 Å². The summed E-state index contributed by atoms with van der Waals surface area (Å²) in [5, 5.41) is 12.0. The van der Waals surface area contributed by atoms with Crippen molar-refractivity contribution in [3.8, 4) is 11.8 Å². The lowest BCUT2D eigenvalue weighted by molar-refractivity contribution is 0.415. The van der Waals surface area contributed by atoms with Gasteiger partial charge in [0.15, 0.2) is 0 Å². The number of ether oxygens (including phenoxy) is 1. The van der Waals surface area contributed by atoms with Gasteiger partial charge in [-0.1, -0.05) is 45.8 Å². The first-order chi connectivity index (χ1) is 11.0. The second-order valence-corrected chi connectivity index (χ2v) is 8.81. The van der Waals surface area contributed by atoms with Crippen LogP contribution < -0.4 is 10.2 Å². The minimum atomic E-state index is 0.319. The number of nitrogens with zero attached hydrogens (tertiary/aromatic N) is 2. The van der Waals surface area contributed by atoms with Crippen molar-refractivity contribution in [2.75, 3.05) is 12.5 Å². The van der Waals surface area contributed by atoms with Gasteiger partial charge >= 0.3 is 0 Å². The second-order valence-electron chi connectivity index (χ2n) is 4.63. The fourth-order valence-corrected chi connectivity index (χ4v) is 4.72. The van der Waals surface area contributed by atoms with E-state index in [4.69, 9.17) is 27.9 Å². The van der Waals surface area contributed by atoms with Crippen LogP contribution in [-0.4, -0.2) is 15.4 Å². The van der Waals surface area contributed by atoms with Gasteiger partial charge in [0.2, 0.25) is 0 Å². The smallest absolute Gasteiger partial charge is 0.140 e. The topological polar surface area (TPSA) is 48.3 Å². The van der Waals surface area contributed by atoms with Crippen molar-refractivity contribution < 1.29 is 4.74 Å². The zero-order chi connectivity index (χ0) is 16.6. The first-order valence-corrected chi connectivity index (χ1v) is 9.36. The molecular formula is C15H10Cl2IN3OS. The molecule has 0 spiro atoms. The van der Waals surface area contributed by atoms with E-state index < -0.39 is 0 Å². The number of fused-ring (bicyclic) bond motifs is 1. The number of hydrogen-bond acceptors (Lipinski definition) is 5. The fourth-order valence-electron chi connectivity index (χ4n) is 2.19. The van der Waals surface area contributed by atoms with E-state index in [1.54, 1.807) is 35.0 Å². The lowest BCUT2D eigenvalue weighted by Gasteiger charge is -2.29. The molecule has 118 valence electrons. The number of thioether (sulfide) groups is 1. The van der Waals surface area contributed by atoms with Gasteiger partial charge in [-0.2, -0.15) is 5.26 Å². The Hall–Kier alpha value is -1.01. The van der Waals surface area contributed by atoms with Crippen LogP contribution in [0.15, 0.2) is 46.7 Å². The van der Waals surface area contributed by atoms with Crippen LogP contribution in [0.1, 0.15) is 0 Å². The van der Waals surface area contributed by atoms with E-state index in [0.717, 1.165) is 10.6 Å². The van der Waals surface area contributed by atoms with Crippen molar-refractivity contribution in [2.45, 2.75) is 3.26 Å². The molecule has 2 aliphatic heterocycles. The zero-order valence-corrected chi connectivity index (χ0v) is 16.3. The number of methoxy groups -OCH3 is 1.